The third-order valence-electron chi connectivity index (χ3n) is 3.19. The summed E-state index contributed by atoms with van der Waals surface area (Å²) in [6, 6.07) is 0. The highest BCUT2D eigenvalue weighted by Crippen LogP contribution is 2.49. The van der Waals surface area contributed by atoms with Crippen molar-refractivity contribution in [3.8, 4) is 0 Å². The Morgan fingerprint density at radius 2 is 2.20 bits per heavy atom. The summed E-state index contributed by atoms with van der Waals surface area (Å²) in [5, 5.41) is 0. The first kappa shape index (κ1) is 6.66. The molecule has 0 unspecified atom stereocenters. The van der Waals surface area contributed by atoms with E-state index < -0.39 is 0 Å². The van der Waals surface area contributed by atoms with E-state index in [0.29, 0.717) is 5.54 Å². The second-order valence-corrected chi connectivity index (χ2v) is 4.22. The number of hydrogen-bond donors (Lipinski definition) is 0. The first-order chi connectivity index (χ1) is 4.74. The van der Waals surface area contributed by atoms with Crippen molar-refractivity contribution in [1.29, 1.82) is 0 Å². The molecule has 1 aliphatic carbocycles. The maximum atomic E-state index is 2.68. The third-order valence-corrected chi connectivity index (χ3v) is 3.19. The van der Waals surface area contributed by atoms with Crippen LogP contribution in [0.2, 0.25) is 0 Å². The van der Waals surface area contributed by atoms with Crippen LogP contribution in [0.1, 0.15) is 33.1 Å². The molecule has 1 saturated carbocycles. The monoisotopic (exact) mass is 139 g/mol. The summed E-state index contributed by atoms with van der Waals surface area (Å²) in [6.45, 7) is 7.42. The zero-order valence-corrected chi connectivity index (χ0v) is 7.06. The minimum Gasteiger partial charge on any atom is -0.298 e. The van der Waals surface area contributed by atoms with E-state index in [1.165, 1.54) is 32.4 Å². The van der Waals surface area contributed by atoms with E-state index in [9.17, 15) is 0 Å². The summed E-state index contributed by atoms with van der Waals surface area (Å²) in [6.07, 6.45) is 4.28. The van der Waals surface area contributed by atoms with Crippen LogP contribution in [0.5, 0.6) is 0 Å². The van der Waals surface area contributed by atoms with E-state index in [-0.39, 0.29) is 0 Å². The van der Waals surface area contributed by atoms with Crippen LogP contribution in [0.25, 0.3) is 0 Å². The Kier molecular flexibility index (Phi) is 1.31. The van der Waals surface area contributed by atoms with Crippen molar-refractivity contribution >= 4 is 0 Å². The summed E-state index contributed by atoms with van der Waals surface area (Å²) in [4.78, 5) is 2.68. The van der Waals surface area contributed by atoms with E-state index >= 15 is 0 Å². The van der Waals surface area contributed by atoms with E-state index in [2.05, 4.69) is 18.7 Å². The first-order valence-electron chi connectivity index (χ1n) is 4.50. The van der Waals surface area contributed by atoms with Crippen molar-refractivity contribution in [3.05, 3.63) is 0 Å². The van der Waals surface area contributed by atoms with Crippen molar-refractivity contribution in [3.63, 3.8) is 0 Å². The van der Waals surface area contributed by atoms with Crippen LogP contribution < -0.4 is 0 Å². The van der Waals surface area contributed by atoms with Gasteiger partial charge in [0, 0.05) is 12.1 Å². The van der Waals surface area contributed by atoms with Crippen LogP contribution >= 0.6 is 0 Å². The Morgan fingerprint density at radius 3 is 2.60 bits per heavy atom. The standard InChI is InChI=1S/C9H17N/c1-3-4-10-7-8-5-9(10,2)6-8/h8H,3-7H2,1-2H3. The highest BCUT2D eigenvalue weighted by atomic mass is 15.3. The van der Waals surface area contributed by atoms with Gasteiger partial charge in [0.2, 0.25) is 0 Å². The van der Waals surface area contributed by atoms with Gasteiger partial charge in [-0.1, -0.05) is 6.92 Å². The Bertz CT molecular complexity index is 136. The minimum absolute atomic E-state index is 0.640. The lowest BCUT2D eigenvalue weighted by molar-refractivity contribution is 0.129. The Balaban J connectivity index is 1.98. The minimum atomic E-state index is 0.640. The summed E-state index contributed by atoms with van der Waals surface area (Å²) in [7, 11) is 0. The largest absolute Gasteiger partial charge is 0.298 e. The fraction of sp³-hybridized carbons (Fsp3) is 1.00. The molecule has 0 radical (unpaired) electrons. The predicted octanol–water partition coefficient (Wildman–Crippen LogP) is 1.88. The van der Waals surface area contributed by atoms with Gasteiger partial charge in [0.1, 0.15) is 0 Å². The number of fused-ring (bicyclic) bond motifs is 1. The molecule has 0 aromatic heterocycles. The van der Waals surface area contributed by atoms with E-state index in [0.717, 1.165) is 5.92 Å². The van der Waals surface area contributed by atoms with Crippen molar-refractivity contribution < 1.29 is 0 Å². The molecule has 0 atom stereocenters. The molecule has 0 aromatic rings. The highest BCUT2D eigenvalue weighted by molar-refractivity contribution is 5.07. The molecule has 10 heavy (non-hydrogen) atoms. The van der Waals surface area contributed by atoms with Gasteiger partial charge in [-0.05, 0) is 38.6 Å². The van der Waals surface area contributed by atoms with Gasteiger partial charge in [-0.2, -0.15) is 0 Å². The van der Waals surface area contributed by atoms with Crippen LogP contribution in [0.15, 0.2) is 0 Å². The molecule has 3 fully saturated rings. The lowest BCUT2D eigenvalue weighted by Crippen LogP contribution is -2.42. The summed E-state index contributed by atoms with van der Waals surface area (Å²) >= 11 is 0. The Morgan fingerprint density at radius 1 is 1.50 bits per heavy atom. The van der Waals surface area contributed by atoms with Crippen molar-refractivity contribution in [2.75, 3.05) is 13.1 Å². The molecule has 1 nitrogen and oxygen atoms in total. The lowest BCUT2D eigenvalue weighted by Gasteiger charge is -2.38. The molecule has 2 heterocycles. The molecule has 0 N–H and O–H groups in total. The zero-order valence-electron chi connectivity index (χ0n) is 7.06. The predicted molar refractivity (Wildman–Crippen MR) is 43.0 cm³/mol. The van der Waals surface area contributed by atoms with Gasteiger partial charge < -0.3 is 0 Å². The van der Waals surface area contributed by atoms with E-state index in [1.54, 1.807) is 0 Å². The van der Waals surface area contributed by atoms with E-state index in [1.807, 2.05) is 0 Å². The smallest absolute Gasteiger partial charge is 0.0187 e. The van der Waals surface area contributed by atoms with Crippen LogP contribution in [0.4, 0.5) is 0 Å². The highest BCUT2D eigenvalue weighted by Gasteiger charge is 2.51. The maximum absolute atomic E-state index is 2.68. The molecule has 0 spiro atoms. The van der Waals surface area contributed by atoms with Crippen LogP contribution in [-0.4, -0.2) is 23.5 Å². The molecule has 1 heteroatoms. The number of hydrogen-bond acceptors (Lipinski definition) is 1. The molecule has 3 rings (SSSR count). The summed E-state index contributed by atoms with van der Waals surface area (Å²) in [5.41, 5.74) is 0.640. The van der Waals surface area contributed by atoms with Gasteiger partial charge in [0.25, 0.3) is 0 Å². The SMILES string of the molecule is CCCN1CC2CC1(C)C2. The van der Waals surface area contributed by atoms with Gasteiger partial charge in [-0.25, -0.2) is 0 Å². The molecule has 2 bridgehead atoms. The molecule has 0 amide bonds. The Labute approximate surface area is 63.4 Å². The average Bonchev–Trinajstić information content (AvgIpc) is 2.21. The molecule has 3 aliphatic rings. The fourth-order valence-corrected chi connectivity index (χ4v) is 2.73. The van der Waals surface area contributed by atoms with Gasteiger partial charge >= 0.3 is 0 Å². The van der Waals surface area contributed by atoms with Crippen LogP contribution in [-0.2, 0) is 0 Å². The lowest BCUT2D eigenvalue weighted by atomic mass is 9.75. The molecular formula is C9H17N. The third kappa shape index (κ3) is 0.731. The van der Waals surface area contributed by atoms with Gasteiger partial charge in [-0.15, -0.1) is 0 Å². The second kappa shape index (κ2) is 1.97. The average molecular weight is 139 g/mol. The van der Waals surface area contributed by atoms with Crippen LogP contribution in [0.3, 0.4) is 0 Å². The molecular weight excluding hydrogens is 122 g/mol. The number of nitrogens with zero attached hydrogens (tertiary/aromatic N) is 1. The van der Waals surface area contributed by atoms with Gasteiger partial charge in [0.15, 0.2) is 0 Å². The molecule has 2 aliphatic heterocycles. The normalized spacial score (nSPS) is 45.6. The first-order valence-corrected chi connectivity index (χ1v) is 4.50. The number of rotatable bonds is 2. The van der Waals surface area contributed by atoms with Crippen molar-refractivity contribution in [1.82, 2.24) is 4.90 Å². The van der Waals surface area contributed by atoms with E-state index in [4.69, 9.17) is 0 Å². The summed E-state index contributed by atoms with van der Waals surface area (Å²) < 4.78 is 0. The van der Waals surface area contributed by atoms with Crippen LogP contribution in [0, 0.1) is 5.92 Å². The molecule has 0 aromatic carbocycles. The van der Waals surface area contributed by atoms with Crippen molar-refractivity contribution in [2.24, 2.45) is 5.92 Å². The fourth-order valence-electron chi connectivity index (χ4n) is 2.73. The van der Waals surface area contributed by atoms with Crippen molar-refractivity contribution in [2.45, 2.75) is 38.6 Å². The zero-order chi connectivity index (χ0) is 7.19. The molecule has 2 saturated heterocycles. The second-order valence-electron chi connectivity index (χ2n) is 4.22. The molecule has 58 valence electrons. The topological polar surface area (TPSA) is 3.24 Å². The summed E-state index contributed by atoms with van der Waals surface area (Å²) in [5.74, 6) is 1.07. The van der Waals surface area contributed by atoms with Gasteiger partial charge in [0.05, 0.1) is 0 Å². The van der Waals surface area contributed by atoms with Gasteiger partial charge in [-0.3, -0.25) is 4.90 Å². The Hall–Kier alpha value is -0.0400. The quantitative estimate of drug-likeness (QED) is 0.564. The maximum Gasteiger partial charge on any atom is 0.0187 e.